The summed E-state index contributed by atoms with van der Waals surface area (Å²) in [7, 11) is 0. The van der Waals surface area contributed by atoms with Gasteiger partial charge in [-0.2, -0.15) is 0 Å². The van der Waals surface area contributed by atoms with Crippen LogP contribution in [0.3, 0.4) is 0 Å². The molecule has 0 aromatic heterocycles. The molecule has 3 aliphatic heterocycles. The molecule has 3 aromatic rings. The van der Waals surface area contributed by atoms with E-state index in [0.29, 0.717) is 17.7 Å². The normalized spacial score (nSPS) is 22.0. The fourth-order valence-corrected chi connectivity index (χ4v) is 5.20. The molecule has 0 spiro atoms. The first-order chi connectivity index (χ1) is 16.2. The number of amidine groups is 1. The minimum Gasteiger partial charge on any atom is -0.454 e. The molecule has 6 heteroatoms. The zero-order valence-corrected chi connectivity index (χ0v) is 19.1. The Labute approximate surface area is 199 Å². The molecule has 33 heavy (non-hydrogen) atoms. The van der Waals surface area contributed by atoms with Crippen molar-refractivity contribution < 1.29 is 9.47 Å². The van der Waals surface area contributed by atoms with Crippen molar-refractivity contribution in [2.45, 2.75) is 25.2 Å². The number of piperazine rings is 1. The van der Waals surface area contributed by atoms with E-state index in [1.54, 1.807) is 0 Å². The highest BCUT2D eigenvalue weighted by Crippen LogP contribution is 2.40. The third-order valence-electron chi connectivity index (χ3n) is 6.70. The highest BCUT2D eigenvalue weighted by Gasteiger charge is 2.38. The quantitative estimate of drug-likeness (QED) is 0.518. The second-order valence-electron chi connectivity index (χ2n) is 8.89. The molecule has 0 aliphatic carbocycles. The predicted molar refractivity (Wildman–Crippen MR) is 131 cm³/mol. The van der Waals surface area contributed by atoms with Gasteiger partial charge in [0.1, 0.15) is 17.3 Å². The average molecular weight is 460 g/mol. The van der Waals surface area contributed by atoms with Crippen LogP contribution in [0.25, 0.3) is 0 Å². The smallest absolute Gasteiger partial charge is 0.153 e. The Balaban J connectivity index is 1.22. The number of nitrogens with zero attached hydrogens (tertiary/aromatic N) is 3. The lowest BCUT2D eigenvalue weighted by Gasteiger charge is -2.39. The van der Waals surface area contributed by atoms with Crippen LogP contribution >= 0.6 is 11.6 Å². The van der Waals surface area contributed by atoms with E-state index in [1.165, 1.54) is 5.56 Å². The van der Waals surface area contributed by atoms with Gasteiger partial charge in [0.25, 0.3) is 0 Å². The molecule has 2 fully saturated rings. The van der Waals surface area contributed by atoms with Crippen LogP contribution in [0.1, 0.15) is 17.5 Å². The van der Waals surface area contributed by atoms with Crippen LogP contribution in [0.15, 0.2) is 77.8 Å². The lowest BCUT2D eigenvalue weighted by Crippen LogP contribution is -2.52. The van der Waals surface area contributed by atoms with Crippen LogP contribution in [0.4, 0.5) is 5.69 Å². The summed E-state index contributed by atoms with van der Waals surface area (Å²) in [6.45, 7) is 4.51. The van der Waals surface area contributed by atoms with Crippen LogP contribution < -0.4 is 4.74 Å². The summed E-state index contributed by atoms with van der Waals surface area (Å²) in [6.07, 6.45) is 1.30. The summed E-state index contributed by atoms with van der Waals surface area (Å²) in [6, 6.07) is 24.6. The molecule has 6 rings (SSSR count). The van der Waals surface area contributed by atoms with Gasteiger partial charge in [0, 0.05) is 37.2 Å². The predicted octanol–water partition coefficient (Wildman–Crippen LogP) is 5.50. The zero-order valence-electron chi connectivity index (χ0n) is 18.4. The number of para-hydroxylation sites is 1. The maximum absolute atomic E-state index is 6.28. The van der Waals surface area contributed by atoms with E-state index in [0.717, 1.165) is 61.2 Å². The minimum atomic E-state index is 0.265. The number of aliphatic imine (C=N–C) groups is 1. The van der Waals surface area contributed by atoms with Gasteiger partial charge < -0.3 is 14.4 Å². The van der Waals surface area contributed by atoms with Crippen molar-refractivity contribution in [3.8, 4) is 11.5 Å². The SMILES string of the molecule is Clc1ccc2c(c1)N=C(N1CCN3C[C@@H](OCc4ccccc4)C[C@H]3C1)c1ccccc1O2. The number of ether oxygens (including phenoxy) is 2. The number of fused-ring (bicyclic) bond motifs is 3. The van der Waals surface area contributed by atoms with E-state index < -0.39 is 0 Å². The van der Waals surface area contributed by atoms with Crippen molar-refractivity contribution in [3.63, 3.8) is 0 Å². The molecule has 2 saturated heterocycles. The Morgan fingerprint density at radius 2 is 1.79 bits per heavy atom. The largest absolute Gasteiger partial charge is 0.454 e. The number of hydrogen-bond donors (Lipinski definition) is 0. The first-order valence-corrected chi connectivity index (χ1v) is 11.9. The summed E-state index contributed by atoms with van der Waals surface area (Å²) in [5.74, 6) is 2.52. The molecule has 0 unspecified atom stereocenters. The number of hydrogen-bond acceptors (Lipinski definition) is 5. The zero-order chi connectivity index (χ0) is 22.2. The monoisotopic (exact) mass is 459 g/mol. The molecule has 0 amide bonds. The van der Waals surface area contributed by atoms with Gasteiger partial charge in [0.2, 0.25) is 0 Å². The van der Waals surface area contributed by atoms with E-state index in [1.807, 2.05) is 42.5 Å². The Hall–Kier alpha value is -2.86. The molecule has 2 atom stereocenters. The second kappa shape index (κ2) is 8.82. The topological polar surface area (TPSA) is 37.3 Å². The van der Waals surface area contributed by atoms with Crippen LogP contribution in [0, 0.1) is 0 Å². The lowest BCUT2D eigenvalue weighted by molar-refractivity contribution is 0.0465. The maximum Gasteiger partial charge on any atom is 0.153 e. The highest BCUT2D eigenvalue weighted by molar-refractivity contribution is 6.31. The molecule has 0 saturated carbocycles. The van der Waals surface area contributed by atoms with Gasteiger partial charge in [-0.15, -0.1) is 0 Å². The second-order valence-corrected chi connectivity index (χ2v) is 9.33. The first-order valence-electron chi connectivity index (χ1n) is 11.5. The fourth-order valence-electron chi connectivity index (χ4n) is 5.04. The van der Waals surface area contributed by atoms with Crippen molar-refractivity contribution >= 4 is 23.1 Å². The van der Waals surface area contributed by atoms with Gasteiger partial charge in [0.15, 0.2) is 5.75 Å². The van der Waals surface area contributed by atoms with Gasteiger partial charge in [-0.3, -0.25) is 4.90 Å². The summed E-state index contributed by atoms with van der Waals surface area (Å²) < 4.78 is 12.5. The molecular weight excluding hydrogens is 434 g/mol. The molecule has 0 N–H and O–H groups in total. The van der Waals surface area contributed by atoms with E-state index in [2.05, 4.69) is 40.1 Å². The Morgan fingerprint density at radius 1 is 0.939 bits per heavy atom. The molecule has 0 bridgehead atoms. The summed E-state index contributed by atoms with van der Waals surface area (Å²) in [4.78, 5) is 10.0. The minimum absolute atomic E-state index is 0.265. The van der Waals surface area contributed by atoms with Crippen molar-refractivity contribution in [1.29, 1.82) is 0 Å². The Bertz CT molecular complexity index is 1180. The molecule has 5 nitrogen and oxygen atoms in total. The fraction of sp³-hybridized carbons (Fsp3) is 0.296. The highest BCUT2D eigenvalue weighted by atomic mass is 35.5. The maximum atomic E-state index is 6.28. The molecule has 3 aromatic carbocycles. The Kier molecular flexibility index (Phi) is 5.54. The molecule has 3 heterocycles. The summed E-state index contributed by atoms with van der Waals surface area (Å²) >= 11 is 6.28. The number of benzene rings is 3. The van der Waals surface area contributed by atoms with Gasteiger partial charge in [-0.05, 0) is 42.3 Å². The standard InChI is InChI=1S/C27H26ClN3O2/c28-20-10-11-26-24(14-20)29-27(23-8-4-5-9-25(23)33-26)31-13-12-30-17-22(15-21(30)16-31)32-18-19-6-2-1-3-7-19/h1-11,14,21-22H,12-13,15-18H2/t21-,22-/m0/s1. The van der Waals surface area contributed by atoms with E-state index in [9.17, 15) is 0 Å². The van der Waals surface area contributed by atoms with Crippen molar-refractivity contribution in [3.05, 3.63) is 88.9 Å². The third kappa shape index (κ3) is 4.24. The average Bonchev–Trinajstić information content (AvgIpc) is 3.18. The summed E-state index contributed by atoms with van der Waals surface area (Å²) in [5.41, 5.74) is 3.02. The van der Waals surface area contributed by atoms with Crippen LogP contribution in [0.5, 0.6) is 11.5 Å². The molecule has 168 valence electrons. The van der Waals surface area contributed by atoms with E-state index in [-0.39, 0.29) is 6.10 Å². The third-order valence-corrected chi connectivity index (χ3v) is 6.94. The van der Waals surface area contributed by atoms with Gasteiger partial charge in [-0.25, -0.2) is 4.99 Å². The van der Waals surface area contributed by atoms with Crippen LogP contribution in [0.2, 0.25) is 5.02 Å². The van der Waals surface area contributed by atoms with Gasteiger partial charge in [-0.1, -0.05) is 54.1 Å². The van der Waals surface area contributed by atoms with Crippen LogP contribution in [-0.2, 0) is 11.3 Å². The molecular formula is C27H26ClN3O2. The van der Waals surface area contributed by atoms with Crippen LogP contribution in [-0.4, -0.2) is 54.0 Å². The molecule has 3 aliphatic rings. The van der Waals surface area contributed by atoms with E-state index in [4.69, 9.17) is 26.1 Å². The van der Waals surface area contributed by atoms with Gasteiger partial charge in [0.05, 0.1) is 18.3 Å². The lowest BCUT2D eigenvalue weighted by atomic mass is 10.1. The van der Waals surface area contributed by atoms with E-state index >= 15 is 0 Å². The number of rotatable bonds is 3. The Morgan fingerprint density at radius 3 is 2.70 bits per heavy atom. The van der Waals surface area contributed by atoms with Crippen molar-refractivity contribution in [2.24, 2.45) is 4.99 Å². The van der Waals surface area contributed by atoms with Crippen molar-refractivity contribution in [2.75, 3.05) is 26.2 Å². The van der Waals surface area contributed by atoms with Gasteiger partial charge >= 0.3 is 0 Å². The molecule has 0 radical (unpaired) electrons. The van der Waals surface area contributed by atoms with Crippen molar-refractivity contribution in [1.82, 2.24) is 9.80 Å². The summed E-state index contributed by atoms with van der Waals surface area (Å²) in [5, 5.41) is 0.658. The first kappa shape index (κ1) is 20.7. The number of halogens is 1.